The third kappa shape index (κ3) is 8.67. The Bertz CT molecular complexity index is 1470. The van der Waals surface area contributed by atoms with Crippen molar-refractivity contribution in [3.63, 3.8) is 0 Å². The number of carbonyl (C=O) groups excluding carboxylic acids is 4. The maximum atomic E-state index is 13.2. The summed E-state index contributed by atoms with van der Waals surface area (Å²) in [4.78, 5) is 56.5. The van der Waals surface area contributed by atoms with Gasteiger partial charge in [-0.15, -0.1) is 0 Å². The van der Waals surface area contributed by atoms with Crippen molar-refractivity contribution in [3.8, 4) is 0 Å². The van der Waals surface area contributed by atoms with Gasteiger partial charge in [-0.25, -0.2) is 0 Å². The molecule has 0 spiro atoms. The molecule has 3 rings (SSSR count). The average Bonchev–Trinajstić information content (AvgIpc) is 2.95. The molecule has 42 heavy (non-hydrogen) atoms. The highest BCUT2D eigenvalue weighted by Crippen LogP contribution is 2.29. The molecule has 0 aliphatic heterocycles. The van der Waals surface area contributed by atoms with E-state index in [0.29, 0.717) is 5.52 Å². The lowest BCUT2D eigenvalue weighted by Crippen LogP contribution is -2.47. The van der Waals surface area contributed by atoms with Crippen molar-refractivity contribution >= 4 is 46.2 Å². The molecule has 0 unspecified atom stereocenters. The quantitative estimate of drug-likeness (QED) is 0.156. The molecule has 8 N–H and O–H groups in total. The number of ketones is 1. The van der Waals surface area contributed by atoms with E-state index >= 15 is 0 Å². The van der Waals surface area contributed by atoms with E-state index in [0.717, 1.165) is 40.6 Å². The van der Waals surface area contributed by atoms with Crippen LogP contribution in [0.5, 0.6) is 0 Å². The summed E-state index contributed by atoms with van der Waals surface area (Å²) in [6, 6.07) is 11.1. The molecule has 0 saturated carbocycles. The number of para-hydroxylation sites is 1. The predicted octanol–water partition coefficient (Wildman–Crippen LogP) is 1.38. The molecule has 1 heterocycles. The molecule has 0 aliphatic rings. The fraction of sp³-hybridized carbons (Fsp3) is 0.250. The Morgan fingerprint density at radius 3 is 2.24 bits per heavy atom. The minimum atomic E-state index is -4.57. The monoisotopic (exact) mass is 585 g/mol. The van der Waals surface area contributed by atoms with Gasteiger partial charge in [-0.1, -0.05) is 30.3 Å². The van der Waals surface area contributed by atoms with Crippen LogP contribution in [-0.2, 0) is 25.4 Å². The minimum absolute atomic E-state index is 0.0764. The molecule has 0 aliphatic carbocycles. The number of amides is 3. The second kappa shape index (κ2) is 14.3. The molecule has 1 atom stereocenters. The molecule has 1 aromatic heterocycles. The molecular formula is C28H30F3N7O4. The number of carbonyl (C=O) groups is 4. The van der Waals surface area contributed by atoms with Crippen molar-refractivity contribution in [3.05, 3.63) is 77.6 Å². The summed E-state index contributed by atoms with van der Waals surface area (Å²) in [5.41, 5.74) is 16.6. The van der Waals surface area contributed by atoms with Gasteiger partial charge in [-0.2, -0.15) is 13.2 Å². The number of aromatic nitrogens is 1. The van der Waals surface area contributed by atoms with E-state index in [1.807, 2.05) is 0 Å². The van der Waals surface area contributed by atoms with Crippen LogP contribution >= 0.6 is 0 Å². The summed E-state index contributed by atoms with van der Waals surface area (Å²) >= 11 is 0. The lowest BCUT2D eigenvalue weighted by molar-refractivity contribution is -0.145. The van der Waals surface area contributed by atoms with Gasteiger partial charge in [-0.05, 0) is 35.9 Å². The number of fused-ring (bicyclic) bond motifs is 1. The van der Waals surface area contributed by atoms with Crippen molar-refractivity contribution in [1.29, 1.82) is 0 Å². The Balaban J connectivity index is 1.82. The number of alkyl halides is 3. The third-order valence-electron chi connectivity index (χ3n) is 5.97. The normalized spacial score (nSPS) is 12.5. The Hall–Kier alpha value is -4.66. The first-order chi connectivity index (χ1) is 19.9. The van der Waals surface area contributed by atoms with E-state index in [4.69, 9.17) is 17.2 Å². The minimum Gasteiger partial charge on any atom is -0.334 e. The number of nitrogens with two attached hydrogens (primary N) is 3. The Morgan fingerprint density at radius 2 is 1.62 bits per heavy atom. The first kappa shape index (κ1) is 31.9. The maximum absolute atomic E-state index is 13.2. The second-order valence-electron chi connectivity index (χ2n) is 9.14. The van der Waals surface area contributed by atoms with Gasteiger partial charge in [0.05, 0.1) is 29.0 Å². The molecule has 11 nitrogen and oxygen atoms in total. The number of pyridine rings is 1. The first-order valence-electron chi connectivity index (χ1n) is 12.8. The number of halogens is 3. The molecule has 2 aromatic carbocycles. The van der Waals surface area contributed by atoms with Gasteiger partial charge in [0.15, 0.2) is 0 Å². The highest BCUT2D eigenvalue weighted by molar-refractivity contribution is 6.36. The summed E-state index contributed by atoms with van der Waals surface area (Å²) < 4.78 is 39.0. The highest BCUT2D eigenvalue weighted by Gasteiger charge is 2.30. The highest BCUT2D eigenvalue weighted by atomic mass is 19.4. The van der Waals surface area contributed by atoms with E-state index in [-0.39, 0.29) is 43.1 Å². The van der Waals surface area contributed by atoms with Crippen LogP contribution in [0.4, 0.5) is 18.9 Å². The maximum Gasteiger partial charge on any atom is 0.416 e. The van der Waals surface area contributed by atoms with Gasteiger partial charge in [-0.3, -0.25) is 24.2 Å². The van der Waals surface area contributed by atoms with Crippen molar-refractivity contribution in [1.82, 2.24) is 15.2 Å². The van der Waals surface area contributed by atoms with Gasteiger partial charge in [0, 0.05) is 38.0 Å². The molecule has 0 saturated heterocycles. The molecule has 0 bridgehead atoms. The van der Waals surface area contributed by atoms with Crippen molar-refractivity contribution in [2.45, 2.75) is 18.6 Å². The molecule has 222 valence electrons. The van der Waals surface area contributed by atoms with Crippen molar-refractivity contribution in [2.75, 3.05) is 31.5 Å². The van der Waals surface area contributed by atoms with Crippen LogP contribution in [0, 0.1) is 0 Å². The van der Waals surface area contributed by atoms with Gasteiger partial charge in [0.25, 0.3) is 11.8 Å². The Labute approximate surface area is 238 Å². The lowest BCUT2D eigenvalue weighted by Gasteiger charge is -2.21. The van der Waals surface area contributed by atoms with E-state index in [2.05, 4.69) is 15.6 Å². The summed E-state index contributed by atoms with van der Waals surface area (Å²) in [5.74, 6) is -3.69. The topological polar surface area (TPSA) is 187 Å². The zero-order valence-electron chi connectivity index (χ0n) is 22.4. The van der Waals surface area contributed by atoms with Crippen LogP contribution in [0.1, 0.15) is 17.5 Å². The number of hydrogen-bond donors (Lipinski definition) is 5. The molecule has 3 amide bonds. The van der Waals surface area contributed by atoms with Gasteiger partial charge in [0.1, 0.15) is 5.70 Å². The standard InChI is InChI=1S/C28H30F3N7O4/c29-28(30,31)19-7-5-17(6-8-19)13-23(26(41)36-20-14-18-3-1-2-4-22(18)35-16-20)37-25(40)21(34)15-24(39)27(42)38(11-9-32)12-10-33/h1-8,13-14,16,21H,9-12,15,32-34H2,(H,36,41)(H,37,40)/b23-13+/t21-/m0/s1. The van der Waals surface area contributed by atoms with Crippen LogP contribution in [0.2, 0.25) is 0 Å². The van der Waals surface area contributed by atoms with Crippen LogP contribution in [0.15, 0.2) is 66.5 Å². The van der Waals surface area contributed by atoms with Gasteiger partial charge in [0.2, 0.25) is 11.7 Å². The Morgan fingerprint density at radius 1 is 0.976 bits per heavy atom. The number of rotatable bonds is 12. The van der Waals surface area contributed by atoms with Crippen LogP contribution in [0.3, 0.4) is 0 Å². The summed E-state index contributed by atoms with van der Waals surface area (Å²) in [7, 11) is 0. The number of nitrogens with one attached hydrogen (secondary N) is 2. The van der Waals surface area contributed by atoms with E-state index in [1.54, 1.807) is 30.3 Å². The number of nitrogens with zero attached hydrogens (tertiary/aromatic N) is 2. The molecule has 14 heteroatoms. The van der Waals surface area contributed by atoms with Gasteiger partial charge >= 0.3 is 6.18 Å². The van der Waals surface area contributed by atoms with Gasteiger partial charge < -0.3 is 32.7 Å². The molecule has 3 aromatic rings. The fourth-order valence-electron chi connectivity index (χ4n) is 3.84. The van der Waals surface area contributed by atoms with E-state index in [1.165, 1.54) is 6.20 Å². The summed E-state index contributed by atoms with van der Waals surface area (Å²) in [6.45, 7) is 0.330. The summed E-state index contributed by atoms with van der Waals surface area (Å²) in [5, 5.41) is 5.61. The number of anilines is 1. The molecule has 0 radical (unpaired) electrons. The SMILES string of the molecule is NCCN(CCN)C(=O)C(=O)C[C@H](N)C(=O)N/C(=C/c1ccc(C(F)(F)F)cc1)C(=O)Nc1cnc2ccccc2c1. The number of Topliss-reactive ketones (excluding diaryl/α,β-unsaturated/α-hetero) is 1. The zero-order valence-corrected chi connectivity index (χ0v) is 22.4. The van der Waals surface area contributed by atoms with Crippen molar-refractivity contribution in [2.24, 2.45) is 17.2 Å². The second-order valence-corrected chi connectivity index (χ2v) is 9.14. The number of benzene rings is 2. The largest absolute Gasteiger partial charge is 0.416 e. The first-order valence-corrected chi connectivity index (χ1v) is 12.8. The van der Waals surface area contributed by atoms with Crippen LogP contribution < -0.4 is 27.8 Å². The lowest BCUT2D eigenvalue weighted by atomic mass is 10.1. The van der Waals surface area contributed by atoms with Crippen LogP contribution in [0.25, 0.3) is 17.0 Å². The Kier molecular flexibility index (Phi) is 10.8. The third-order valence-corrected chi connectivity index (χ3v) is 5.97. The van der Waals surface area contributed by atoms with Crippen molar-refractivity contribution < 1.29 is 32.3 Å². The number of hydrogen-bond acceptors (Lipinski definition) is 8. The zero-order chi connectivity index (χ0) is 30.9. The molecule has 0 fully saturated rings. The molecular weight excluding hydrogens is 555 g/mol. The fourth-order valence-corrected chi connectivity index (χ4v) is 3.84. The summed E-state index contributed by atoms with van der Waals surface area (Å²) in [6.07, 6.45) is -2.71. The average molecular weight is 586 g/mol. The van der Waals surface area contributed by atoms with Crippen LogP contribution in [-0.4, -0.2) is 65.6 Å². The predicted molar refractivity (Wildman–Crippen MR) is 150 cm³/mol. The van der Waals surface area contributed by atoms with E-state index in [9.17, 15) is 32.3 Å². The smallest absolute Gasteiger partial charge is 0.334 e. The van der Waals surface area contributed by atoms with E-state index < -0.39 is 47.7 Å².